The van der Waals surface area contributed by atoms with Gasteiger partial charge in [0.2, 0.25) is 0 Å². The molecule has 0 N–H and O–H groups in total. The normalized spacial score (nSPS) is 20.5. The average molecular weight is 180 g/mol. The number of nitrogens with zero attached hydrogens (tertiary/aromatic N) is 2. The summed E-state index contributed by atoms with van der Waals surface area (Å²) in [5, 5.41) is 8.64. The maximum absolute atomic E-state index is 8.64. The van der Waals surface area contributed by atoms with Crippen molar-refractivity contribution in [2.75, 3.05) is 26.7 Å². The van der Waals surface area contributed by atoms with E-state index >= 15 is 0 Å². The smallest absolute Gasteiger partial charge is 0.0944 e. The van der Waals surface area contributed by atoms with Crippen LogP contribution in [0.15, 0.2) is 11.6 Å². The summed E-state index contributed by atoms with van der Waals surface area (Å²) in [5.74, 6) is 0. The lowest BCUT2D eigenvalue weighted by Crippen LogP contribution is -2.35. The lowest BCUT2D eigenvalue weighted by Gasteiger charge is -2.26. The third kappa shape index (κ3) is 3.17. The maximum atomic E-state index is 8.64. The van der Waals surface area contributed by atoms with Crippen LogP contribution in [0, 0.1) is 11.3 Å². The molecule has 0 spiro atoms. The van der Waals surface area contributed by atoms with Crippen molar-refractivity contribution in [2.24, 2.45) is 0 Å². The summed E-state index contributed by atoms with van der Waals surface area (Å²) >= 11 is 0. The van der Waals surface area contributed by atoms with Gasteiger partial charge >= 0.3 is 0 Å². The third-order valence-electron chi connectivity index (χ3n) is 2.35. The van der Waals surface area contributed by atoms with Crippen molar-refractivity contribution >= 4 is 0 Å². The van der Waals surface area contributed by atoms with Crippen LogP contribution in [0.5, 0.6) is 0 Å². The molecule has 13 heavy (non-hydrogen) atoms. The summed E-state index contributed by atoms with van der Waals surface area (Å²) in [6.07, 6.45) is 3.16. The molecule has 1 aliphatic rings. The van der Waals surface area contributed by atoms with Crippen molar-refractivity contribution in [2.45, 2.75) is 19.4 Å². The Morgan fingerprint density at radius 2 is 2.54 bits per heavy atom. The maximum Gasteiger partial charge on any atom is 0.0944 e. The highest BCUT2D eigenvalue weighted by Crippen LogP contribution is 2.09. The first kappa shape index (κ1) is 10.2. The van der Waals surface area contributed by atoms with Crippen molar-refractivity contribution in [3.63, 3.8) is 0 Å². The number of methoxy groups -OCH3 is 1. The van der Waals surface area contributed by atoms with E-state index in [9.17, 15) is 0 Å². The van der Waals surface area contributed by atoms with E-state index in [4.69, 9.17) is 10.00 Å². The fourth-order valence-corrected chi connectivity index (χ4v) is 1.42. The zero-order valence-corrected chi connectivity index (χ0v) is 8.29. The first-order valence-corrected chi connectivity index (χ1v) is 4.60. The van der Waals surface area contributed by atoms with Crippen LogP contribution in [0.1, 0.15) is 13.3 Å². The van der Waals surface area contributed by atoms with E-state index in [-0.39, 0.29) is 6.10 Å². The summed E-state index contributed by atoms with van der Waals surface area (Å²) in [4.78, 5) is 2.30. The van der Waals surface area contributed by atoms with Gasteiger partial charge in [-0.15, -0.1) is 0 Å². The van der Waals surface area contributed by atoms with E-state index in [1.165, 1.54) is 0 Å². The molecule has 0 fully saturated rings. The highest BCUT2D eigenvalue weighted by Gasteiger charge is 2.13. The Hall–Kier alpha value is -0.850. The number of rotatable bonds is 3. The Labute approximate surface area is 79.6 Å². The van der Waals surface area contributed by atoms with Gasteiger partial charge in [-0.3, -0.25) is 4.90 Å². The van der Waals surface area contributed by atoms with Crippen LogP contribution in [-0.2, 0) is 4.74 Å². The highest BCUT2D eigenvalue weighted by molar-refractivity contribution is 5.22. The van der Waals surface area contributed by atoms with Crippen molar-refractivity contribution in [1.82, 2.24) is 4.90 Å². The Kier molecular flexibility index (Phi) is 3.94. The predicted molar refractivity (Wildman–Crippen MR) is 51.2 cm³/mol. The molecule has 0 amide bonds. The number of hydrogen-bond donors (Lipinski definition) is 0. The quantitative estimate of drug-likeness (QED) is 0.654. The van der Waals surface area contributed by atoms with Gasteiger partial charge in [0.05, 0.1) is 12.2 Å². The fourth-order valence-electron chi connectivity index (χ4n) is 1.42. The van der Waals surface area contributed by atoms with Crippen molar-refractivity contribution in [3.8, 4) is 6.07 Å². The van der Waals surface area contributed by atoms with E-state index in [1.807, 2.05) is 6.08 Å². The van der Waals surface area contributed by atoms with Gasteiger partial charge in [-0.1, -0.05) is 6.08 Å². The molecule has 3 heteroatoms. The Morgan fingerprint density at radius 1 is 1.77 bits per heavy atom. The van der Waals surface area contributed by atoms with Gasteiger partial charge in [-0.2, -0.15) is 5.26 Å². The lowest BCUT2D eigenvalue weighted by molar-refractivity contribution is 0.0801. The topological polar surface area (TPSA) is 36.3 Å². The van der Waals surface area contributed by atoms with Crippen LogP contribution in [0.4, 0.5) is 0 Å². The summed E-state index contributed by atoms with van der Waals surface area (Å²) in [7, 11) is 1.73. The monoisotopic (exact) mass is 180 g/mol. The van der Waals surface area contributed by atoms with Crippen molar-refractivity contribution in [3.05, 3.63) is 11.6 Å². The van der Waals surface area contributed by atoms with Crippen LogP contribution in [0.2, 0.25) is 0 Å². The molecule has 3 nitrogen and oxygen atoms in total. The van der Waals surface area contributed by atoms with Crippen LogP contribution in [-0.4, -0.2) is 37.7 Å². The molecule has 0 aliphatic carbocycles. The van der Waals surface area contributed by atoms with E-state index in [2.05, 4.69) is 17.9 Å². The molecule has 1 heterocycles. The van der Waals surface area contributed by atoms with Crippen molar-refractivity contribution in [1.29, 1.82) is 5.26 Å². The summed E-state index contributed by atoms with van der Waals surface area (Å²) < 4.78 is 5.18. The Morgan fingerprint density at radius 3 is 3.00 bits per heavy atom. The Bertz CT molecular complexity index is 230. The van der Waals surface area contributed by atoms with E-state index < -0.39 is 0 Å². The molecule has 1 unspecified atom stereocenters. The summed E-state index contributed by atoms with van der Waals surface area (Å²) in [6.45, 7) is 4.87. The van der Waals surface area contributed by atoms with E-state index in [1.54, 1.807) is 7.11 Å². The lowest BCUT2D eigenvalue weighted by atomic mass is 10.1. The van der Waals surface area contributed by atoms with Crippen LogP contribution >= 0.6 is 0 Å². The molecule has 0 radical (unpaired) electrons. The average Bonchev–Trinajstić information content (AvgIpc) is 2.19. The minimum atomic E-state index is 0.275. The highest BCUT2D eigenvalue weighted by atomic mass is 16.5. The second-order valence-electron chi connectivity index (χ2n) is 3.40. The predicted octanol–water partition coefficient (Wildman–Crippen LogP) is 1.18. The van der Waals surface area contributed by atoms with Gasteiger partial charge in [0.1, 0.15) is 0 Å². The number of nitriles is 1. The van der Waals surface area contributed by atoms with Crippen LogP contribution in [0.25, 0.3) is 0 Å². The number of ether oxygens (including phenoxy) is 1. The fraction of sp³-hybridized carbons (Fsp3) is 0.700. The molecule has 0 saturated heterocycles. The molecule has 0 aromatic rings. The minimum absolute atomic E-state index is 0.275. The van der Waals surface area contributed by atoms with Crippen LogP contribution < -0.4 is 0 Å². The van der Waals surface area contributed by atoms with E-state index in [0.29, 0.717) is 0 Å². The standard InChI is InChI=1S/C10H16N2O/c1-9(13-2)8-12-5-3-10(7-11)4-6-12/h3,9H,4-6,8H2,1-2H3. The molecule has 0 bridgehead atoms. The van der Waals surface area contributed by atoms with Gasteiger partial charge in [0.25, 0.3) is 0 Å². The SMILES string of the molecule is COC(C)CN1CC=C(C#N)CC1. The molecule has 1 aliphatic heterocycles. The molecule has 1 atom stereocenters. The summed E-state index contributed by atoms with van der Waals surface area (Å²) in [6, 6.07) is 2.19. The first-order chi connectivity index (χ1) is 6.26. The molecule has 0 aromatic heterocycles. The van der Waals surface area contributed by atoms with E-state index in [0.717, 1.165) is 31.6 Å². The molecule has 0 saturated carbocycles. The number of hydrogen-bond acceptors (Lipinski definition) is 3. The molecule has 72 valence electrons. The van der Waals surface area contributed by atoms with Crippen LogP contribution in [0.3, 0.4) is 0 Å². The van der Waals surface area contributed by atoms with Gasteiger partial charge < -0.3 is 4.74 Å². The van der Waals surface area contributed by atoms with Gasteiger partial charge in [-0.05, 0) is 13.3 Å². The molecular weight excluding hydrogens is 164 g/mol. The van der Waals surface area contributed by atoms with Crippen molar-refractivity contribution < 1.29 is 4.74 Å². The third-order valence-corrected chi connectivity index (χ3v) is 2.35. The molecule has 0 aromatic carbocycles. The Balaban J connectivity index is 2.34. The second kappa shape index (κ2) is 5.00. The van der Waals surface area contributed by atoms with Gasteiger partial charge in [-0.25, -0.2) is 0 Å². The summed E-state index contributed by atoms with van der Waals surface area (Å²) in [5.41, 5.74) is 0.918. The first-order valence-electron chi connectivity index (χ1n) is 4.60. The van der Waals surface area contributed by atoms with Gasteiger partial charge in [0.15, 0.2) is 0 Å². The largest absolute Gasteiger partial charge is 0.380 e. The molecular formula is C10H16N2O. The zero-order chi connectivity index (χ0) is 9.68. The van der Waals surface area contributed by atoms with Gasteiger partial charge in [0, 0.05) is 32.3 Å². The molecule has 1 rings (SSSR count). The zero-order valence-electron chi connectivity index (χ0n) is 8.29. The second-order valence-corrected chi connectivity index (χ2v) is 3.40. The minimum Gasteiger partial charge on any atom is -0.380 e.